The molecule has 0 aromatic carbocycles. The topological polar surface area (TPSA) is 57.8 Å². The summed E-state index contributed by atoms with van der Waals surface area (Å²) in [6.45, 7) is 2.20. The quantitative estimate of drug-likeness (QED) is 0.768. The maximum atomic E-state index is 11.0. The normalized spacial score (nSPS) is 26.4. The average molecular weight is 211 g/mol. The summed E-state index contributed by atoms with van der Waals surface area (Å²) in [6.07, 6.45) is 2.57. The van der Waals surface area contributed by atoms with Gasteiger partial charge in [0.25, 0.3) is 5.56 Å². The van der Waals surface area contributed by atoms with Gasteiger partial charge in [-0.15, -0.1) is 0 Å². The molecule has 0 amide bonds. The van der Waals surface area contributed by atoms with Gasteiger partial charge in [0.1, 0.15) is 5.82 Å². The third-order valence-electron chi connectivity index (χ3n) is 2.39. The Hall–Kier alpha value is -0.970. The van der Waals surface area contributed by atoms with Crippen LogP contribution in [0.2, 0.25) is 0 Å². The Morgan fingerprint density at radius 1 is 1.71 bits per heavy atom. The first kappa shape index (κ1) is 9.58. The molecule has 5 heteroatoms. The highest BCUT2D eigenvalue weighted by Crippen LogP contribution is 2.27. The van der Waals surface area contributed by atoms with Crippen LogP contribution in [0.25, 0.3) is 0 Å². The fourth-order valence-corrected chi connectivity index (χ4v) is 2.76. The van der Waals surface area contributed by atoms with Crippen molar-refractivity contribution in [2.75, 3.05) is 11.1 Å². The lowest BCUT2D eigenvalue weighted by Gasteiger charge is -2.16. The van der Waals surface area contributed by atoms with Crippen molar-refractivity contribution >= 4 is 17.6 Å². The zero-order valence-electron chi connectivity index (χ0n) is 7.99. The van der Waals surface area contributed by atoms with Gasteiger partial charge in [-0.3, -0.25) is 4.79 Å². The summed E-state index contributed by atoms with van der Waals surface area (Å²) in [5.74, 6) is 1.86. The van der Waals surface area contributed by atoms with Gasteiger partial charge in [0, 0.05) is 17.4 Å². The molecule has 1 aromatic rings. The molecule has 1 aliphatic rings. The van der Waals surface area contributed by atoms with Gasteiger partial charge in [0.15, 0.2) is 0 Å². The second-order valence-corrected chi connectivity index (χ2v) is 4.90. The molecule has 0 radical (unpaired) electrons. The van der Waals surface area contributed by atoms with Crippen molar-refractivity contribution in [3.8, 4) is 0 Å². The summed E-state index contributed by atoms with van der Waals surface area (Å²) in [5.41, 5.74) is -0.110. The van der Waals surface area contributed by atoms with Gasteiger partial charge in [-0.05, 0) is 12.2 Å². The highest BCUT2D eigenvalue weighted by atomic mass is 32.2. The molecule has 0 spiro atoms. The Balaban J connectivity index is 2.07. The molecule has 4 nitrogen and oxygen atoms in total. The predicted molar refractivity (Wildman–Crippen MR) is 58.8 cm³/mol. The van der Waals surface area contributed by atoms with Crippen LogP contribution in [0.4, 0.5) is 5.82 Å². The number of nitrogens with zero attached hydrogens (tertiary/aromatic N) is 1. The molecular weight excluding hydrogens is 198 g/mol. The number of nitrogens with one attached hydrogen (secondary N) is 2. The number of aromatic amines is 1. The molecule has 1 aromatic heterocycles. The number of rotatable bonds is 2. The number of thioether (sulfide) groups is 1. The van der Waals surface area contributed by atoms with Crippen LogP contribution in [-0.4, -0.2) is 27.0 Å². The van der Waals surface area contributed by atoms with Crippen molar-refractivity contribution in [3.05, 3.63) is 22.7 Å². The minimum absolute atomic E-state index is 0.110. The fourth-order valence-electron chi connectivity index (χ4n) is 1.56. The largest absolute Gasteiger partial charge is 0.366 e. The molecular formula is C9H13N3OS. The standard InChI is InChI=1S/C9H13N3OS/c1-6-7(2-3-14-6)12-8-4-9(13)11-5-10-8/h4-7H,2-3H2,1H3,(H2,10,11,12,13). The molecule has 2 heterocycles. The van der Waals surface area contributed by atoms with E-state index in [-0.39, 0.29) is 5.56 Å². The van der Waals surface area contributed by atoms with Crippen molar-refractivity contribution in [3.63, 3.8) is 0 Å². The predicted octanol–water partition coefficient (Wildman–Crippen LogP) is 1.08. The van der Waals surface area contributed by atoms with Crippen molar-refractivity contribution in [1.82, 2.24) is 9.97 Å². The molecule has 76 valence electrons. The first-order valence-corrected chi connectivity index (χ1v) is 5.73. The van der Waals surface area contributed by atoms with Gasteiger partial charge in [-0.1, -0.05) is 6.92 Å². The van der Waals surface area contributed by atoms with E-state index in [0.717, 1.165) is 6.42 Å². The molecule has 14 heavy (non-hydrogen) atoms. The van der Waals surface area contributed by atoms with Gasteiger partial charge in [0.2, 0.25) is 0 Å². The van der Waals surface area contributed by atoms with Crippen LogP contribution in [0.3, 0.4) is 0 Å². The third-order valence-corrected chi connectivity index (χ3v) is 3.71. The van der Waals surface area contributed by atoms with Crippen molar-refractivity contribution in [1.29, 1.82) is 0 Å². The third kappa shape index (κ3) is 2.09. The van der Waals surface area contributed by atoms with E-state index in [0.29, 0.717) is 17.1 Å². The smallest absolute Gasteiger partial charge is 0.252 e. The van der Waals surface area contributed by atoms with Crippen LogP contribution in [0.1, 0.15) is 13.3 Å². The number of H-pyrrole nitrogens is 1. The number of hydrogen-bond donors (Lipinski definition) is 2. The van der Waals surface area contributed by atoms with Crippen LogP contribution in [-0.2, 0) is 0 Å². The van der Waals surface area contributed by atoms with Crippen LogP contribution in [0, 0.1) is 0 Å². The molecule has 1 aliphatic heterocycles. The van der Waals surface area contributed by atoms with Gasteiger partial charge < -0.3 is 10.3 Å². The van der Waals surface area contributed by atoms with Gasteiger partial charge in [-0.25, -0.2) is 4.98 Å². The summed E-state index contributed by atoms with van der Waals surface area (Å²) in [5, 5.41) is 3.87. The summed E-state index contributed by atoms with van der Waals surface area (Å²) in [6, 6.07) is 1.93. The maximum absolute atomic E-state index is 11.0. The van der Waals surface area contributed by atoms with E-state index in [9.17, 15) is 4.79 Å². The second kappa shape index (κ2) is 4.04. The molecule has 2 unspecified atom stereocenters. The zero-order chi connectivity index (χ0) is 9.97. The van der Waals surface area contributed by atoms with Gasteiger partial charge >= 0.3 is 0 Å². The monoisotopic (exact) mass is 211 g/mol. The Morgan fingerprint density at radius 2 is 2.57 bits per heavy atom. The van der Waals surface area contributed by atoms with Crippen LogP contribution < -0.4 is 10.9 Å². The average Bonchev–Trinajstić information content (AvgIpc) is 2.52. The summed E-state index contributed by atoms with van der Waals surface area (Å²) in [4.78, 5) is 17.6. The SMILES string of the molecule is CC1SCCC1Nc1cc(=O)[nH]cn1. The Morgan fingerprint density at radius 3 is 3.21 bits per heavy atom. The van der Waals surface area contributed by atoms with Crippen LogP contribution >= 0.6 is 11.8 Å². The van der Waals surface area contributed by atoms with Crippen molar-refractivity contribution < 1.29 is 0 Å². The highest BCUT2D eigenvalue weighted by Gasteiger charge is 2.23. The van der Waals surface area contributed by atoms with E-state index < -0.39 is 0 Å². The molecule has 2 N–H and O–H groups in total. The first-order chi connectivity index (χ1) is 6.75. The molecule has 0 saturated carbocycles. The highest BCUT2D eigenvalue weighted by molar-refractivity contribution is 8.00. The van der Waals surface area contributed by atoms with E-state index >= 15 is 0 Å². The summed E-state index contributed by atoms with van der Waals surface area (Å²) >= 11 is 1.95. The fraction of sp³-hybridized carbons (Fsp3) is 0.556. The lowest BCUT2D eigenvalue weighted by Crippen LogP contribution is -2.26. The zero-order valence-corrected chi connectivity index (χ0v) is 8.80. The molecule has 1 fully saturated rings. The lowest BCUT2D eigenvalue weighted by molar-refractivity contribution is 0.719. The molecule has 2 rings (SSSR count). The Labute approximate surface area is 86.5 Å². The number of hydrogen-bond acceptors (Lipinski definition) is 4. The first-order valence-electron chi connectivity index (χ1n) is 4.68. The van der Waals surface area contributed by atoms with E-state index in [4.69, 9.17) is 0 Å². The van der Waals surface area contributed by atoms with Crippen molar-refractivity contribution in [2.45, 2.75) is 24.6 Å². The molecule has 0 bridgehead atoms. The van der Waals surface area contributed by atoms with E-state index in [2.05, 4.69) is 22.2 Å². The molecule has 2 atom stereocenters. The second-order valence-electron chi connectivity index (χ2n) is 3.41. The summed E-state index contributed by atoms with van der Waals surface area (Å²) in [7, 11) is 0. The van der Waals surface area contributed by atoms with Crippen molar-refractivity contribution in [2.24, 2.45) is 0 Å². The Bertz CT molecular complexity index is 365. The summed E-state index contributed by atoms with van der Waals surface area (Å²) < 4.78 is 0. The molecule has 0 aliphatic carbocycles. The van der Waals surface area contributed by atoms with E-state index in [1.165, 1.54) is 18.1 Å². The molecule has 1 saturated heterocycles. The van der Waals surface area contributed by atoms with E-state index in [1.54, 1.807) is 0 Å². The lowest BCUT2D eigenvalue weighted by atomic mass is 10.2. The Kier molecular flexibility index (Phi) is 2.77. The number of aromatic nitrogens is 2. The van der Waals surface area contributed by atoms with Gasteiger partial charge in [0.05, 0.1) is 6.33 Å². The van der Waals surface area contributed by atoms with Crippen LogP contribution in [0.5, 0.6) is 0 Å². The minimum Gasteiger partial charge on any atom is -0.366 e. The van der Waals surface area contributed by atoms with E-state index in [1.807, 2.05) is 11.8 Å². The minimum atomic E-state index is -0.110. The maximum Gasteiger partial charge on any atom is 0.252 e. The van der Waals surface area contributed by atoms with Crippen LogP contribution in [0.15, 0.2) is 17.2 Å². The number of anilines is 1. The van der Waals surface area contributed by atoms with Gasteiger partial charge in [-0.2, -0.15) is 11.8 Å².